The van der Waals surface area contributed by atoms with Gasteiger partial charge in [0.2, 0.25) is 0 Å². The summed E-state index contributed by atoms with van der Waals surface area (Å²) < 4.78 is 11.4. The number of rotatable bonds is 7. The van der Waals surface area contributed by atoms with Crippen molar-refractivity contribution in [3.8, 4) is 11.5 Å². The Labute approximate surface area is 224 Å². The van der Waals surface area contributed by atoms with Gasteiger partial charge in [-0.1, -0.05) is 45.0 Å². The first-order chi connectivity index (χ1) is 18.1. The molecule has 3 aromatic rings. The predicted molar refractivity (Wildman–Crippen MR) is 150 cm³/mol. The number of nitrogens with zero attached hydrogens (tertiary/aromatic N) is 1. The van der Waals surface area contributed by atoms with E-state index in [1.807, 2.05) is 75.4 Å². The number of benzene rings is 3. The molecule has 0 saturated carbocycles. The molecule has 1 saturated heterocycles. The van der Waals surface area contributed by atoms with Crippen molar-refractivity contribution < 1.29 is 24.2 Å². The lowest BCUT2D eigenvalue weighted by molar-refractivity contribution is -0.132. The van der Waals surface area contributed by atoms with Crippen LogP contribution in [0.15, 0.2) is 72.3 Å². The monoisotopic (exact) mass is 513 g/mol. The smallest absolute Gasteiger partial charge is 0.300 e. The van der Waals surface area contributed by atoms with Gasteiger partial charge in [0.05, 0.1) is 24.8 Å². The third-order valence-electron chi connectivity index (χ3n) is 6.59. The van der Waals surface area contributed by atoms with E-state index in [9.17, 15) is 14.7 Å². The zero-order valence-corrected chi connectivity index (χ0v) is 22.9. The van der Waals surface area contributed by atoms with E-state index < -0.39 is 17.7 Å². The number of aliphatic hydroxyl groups is 1. The van der Waals surface area contributed by atoms with Crippen LogP contribution in [0.2, 0.25) is 0 Å². The molecule has 1 aliphatic heterocycles. The second-order valence-corrected chi connectivity index (χ2v) is 10.4. The Balaban J connectivity index is 1.93. The molecule has 4 rings (SSSR count). The lowest BCUT2D eigenvalue weighted by Gasteiger charge is -2.26. The van der Waals surface area contributed by atoms with E-state index in [0.717, 1.165) is 16.9 Å². The van der Waals surface area contributed by atoms with Crippen LogP contribution in [0.4, 0.5) is 5.69 Å². The van der Waals surface area contributed by atoms with Crippen LogP contribution in [0.1, 0.15) is 62.9 Å². The summed E-state index contributed by atoms with van der Waals surface area (Å²) >= 11 is 0. The molecule has 38 heavy (non-hydrogen) atoms. The number of amides is 1. The van der Waals surface area contributed by atoms with Gasteiger partial charge in [0, 0.05) is 16.8 Å². The normalized spacial score (nSPS) is 17.1. The number of hydrogen-bond acceptors (Lipinski definition) is 5. The van der Waals surface area contributed by atoms with Crippen molar-refractivity contribution in [1.82, 2.24) is 0 Å². The second kappa shape index (κ2) is 10.7. The number of aliphatic hydroxyl groups excluding tert-OH is 1. The molecule has 1 unspecified atom stereocenters. The maximum absolute atomic E-state index is 13.5. The minimum absolute atomic E-state index is 0.0460. The van der Waals surface area contributed by atoms with Crippen molar-refractivity contribution in [2.45, 2.75) is 53.0 Å². The highest BCUT2D eigenvalue weighted by Gasteiger charge is 2.47. The summed E-state index contributed by atoms with van der Waals surface area (Å²) in [6.07, 6.45) is 0. The van der Waals surface area contributed by atoms with Gasteiger partial charge in [0.25, 0.3) is 11.7 Å². The zero-order valence-electron chi connectivity index (χ0n) is 22.9. The minimum Gasteiger partial charge on any atom is -0.507 e. The molecule has 198 valence electrons. The van der Waals surface area contributed by atoms with Gasteiger partial charge < -0.3 is 14.6 Å². The Kier molecular flexibility index (Phi) is 7.63. The van der Waals surface area contributed by atoms with Gasteiger partial charge in [-0.15, -0.1) is 0 Å². The van der Waals surface area contributed by atoms with E-state index >= 15 is 0 Å². The first kappa shape index (κ1) is 27.0. The van der Waals surface area contributed by atoms with Crippen molar-refractivity contribution in [2.75, 3.05) is 18.1 Å². The van der Waals surface area contributed by atoms with E-state index in [-0.39, 0.29) is 16.7 Å². The van der Waals surface area contributed by atoms with Gasteiger partial charge >= 0.3 is 0 Å². The molecule has 3 aromatic carbocycles. The van der Waals surface area contributed by atoms with Crippen LogP contribution in [0.5, 0.6) is 11.5 Å². The summed E-state index contributed by atoms with van der Waals surface area (Å²) in [4.78, 5) is 28.5. The van der Waals surface area contributed by atoms with Crippen LogP contribution < -0.4 is 14.4 Å². The van der Waals surface area contributed by atoms with E-state index in [1.165, 1.54) is 4.90 Å². The summed E-state index contributed by atoms with van der Waals surface area (Å²) in [5, 5.41) is 11.6. The van der Waals surface area contributed by atoms with Gasteiger partial charge in [0.1, 0.15) is 17.3 Å². The summed E-state index contributed by atoms with van der Waals surface area (Å²) in [7, 11) is 0. The molecule has 6 heteroatoms. The number of aryl methyl sites for hydroxylation is 1. The zero-order chi connectivity index (χ0) is 27.6. The van der Waals surface area contributed by atoms with Crippen molar-refractivity contribution in [3.63, 3.8) is 0 Å². The molecular weight excluding hydrogens is 478 g/mol. The van der Waals surface area contributed by atoms with Crippen LogP contribution >= 0.6 is 0 Å². The number of Topliss-reactive ketones (excluding diaryl/α,β-unsaturated/α-hetero) is 1. The lowest BCUT2D eigenvalue weighted by atomic mass is 9.84. The molecule has 0 aromatic heterocycles. The Hall–Kier alpha value is -4.06. The van der Waals surface area contributed by atoms with E-state index in [0.29, 0.717) is 35.8 Å². The highest BCUT2D eigenvalue weighted by molar-refractivity contribution is 6.51. The Morgan fingerprint density at radius 3 is 2.21 bits per heavy atom. The fourth-order valence-electron chi connectivity index (χ4n) is 4.81. The number of ketones is 1. The summed E-state index contributed by atoms with van der Waals surface area (Å²) in [5.74, 6) is -0.219. The van der Waals surface area contributed by atoms with Crippen LogP contribution in [-0.4, -0.2) is 30.0 Å². The standard InChI is InChI=1S/C32H35NO5/c1-7-37-24-15-12-21(13-16-24)28-27(30(35)31(36)33(28)23-11-9-10-20(3)18-23)29(34)22-14-17-26(38-8-2)25(19-22)32(4,5)6/h9-19,28,34H,7-8H2,1-6H3/b29-27-. The van der Waals surface area contributed by atoms with Crippen LogP contribution in [0.3, 0.4) is 0 Å². The van der Waals surface area contributed by atoms with Crippen molar-refractivity contribution in [2.24, 2.45) is 0 Å². The first-order valence-electron chi connectivity index (χ1n) is 12.9. The van der Waals surface area contributed by atoms with Gasteiger partial charge in [-0.2, -0.15) is 0 Å². The summed E-state index contributed by atoms with van der Waals surface area (Å²) in [6.45, 7) is 13.0. The molecule has 1 heterocycles. The molecule has 0 radical (unpaired) electrons. The fourth-order valence-corrected chi connectivity index (χ4v) is 4.81. The van der Waals surface area contributed by atoms with Crippen molar-refractivity contribution >= 4 is 23.1 Å². The minimum atomic E-state index is -0.808. The quantitative estimate of drug-likeness (QED) is 0.216. The third kappa shape index (κ3) is 5.17. The van der Waals surface area contributed by atoms with Gasteiger partial charge in [-0.3, -0.25) is 14.5 Å². The molecule has 1 aliphatic rings. The highest BCUT2D eigenvalue weighted by atomic mass is 16.5. The molecule has 1 fully saturated rings. The molecule has 0 aliphatic carbocycles. The van der Waals surface area contributed by atoms with Crippen molar-refractivity contribution in [3.05, 3.63) is 94.6 Å². The first-order valence-corrected chi connectivity index (χ1v) is 12.9. The van der Waals surface area contributed by atoms with E-state index in [2.05, 4.69) is 20.8 Å². The number of anilines is 1. The summed E-state index contributed by atoms with van der Waals surface area (Å²) in [5.41, 5.74) is 3.36. The number of carbonyl (C=O) groups excluding carboxylic acids is 2. The molecule has 1 amide bonds. The maximum atomic E-state index is 13.5. The fraction of sp³-hybridized carbons (Fsp3) is 0.312. The summed E-state index contributed by atoms with van der Waals surface area (Å²) in [6, 6.07) is 19.3. The average molecular weight is 514 g/mol. The molecule has 0 spiro atoms. The average Bonchev–Trinajstić information content (AvgIpc) is 3.14. The van der Waals surface area contributed by atoms with Gasteiger partial charge in [-0.25, -0.2) is 0 Å². The van der Waals surface area contributed by atoms with E-state index in [1.54, 1.807) is 12.1 Å². The SMILES string of the molecule is CCOc1ccc(C2/C(=C(/O)c3ccc(OCC)c(C(C)(C)C)c3)C(=O)C(=O)N2c2cccc(C)c2)cc1. The van der Waals surface area contributed by atoms with Crippen LogP contribution in [-0.2, 0) is 15.0 Å². The number of hydrogen-bond donors (Lipinski definition) is 1. The predicted octanol–water partition coefficient (Wildman–Crippen LogP) is 6.72. The highest BCUT2D eigenvalue weighted by Crippen LogP contribution is 2.43. The van der Waals surface area contributed by atoms with Crippen molar-refractivity contribution in [1.29, 1.82) is 0 Å². The number of ether oxygens (including phenoxy) is 2. The third-order valence-corrected chi connectivity index (χ3v) is 6.59. The lowest BCUT2D eigenvalue weighted by Crippen LogP contribution is -2.29. The topological polar surface area (TPSA) is 76.1 Å². The maximum Gasteiger partial charge on any atom is 0.300 e. The Morgan fingerprint density at radius 1 is 0.921 bits per heavy atom. The largest absolute Gasteiger partial charge is 0.507 e. The molecular formula is C32H35NO5. The second-order valence-electron chi connectivity index (χ2n) is 10.4. The van der Waals surface area contributed by atoms with E-state index in [4.69, 9.17) is 9.47 Å². The van der Waals surface area contributed by atoms with Gasteiger partial charge in [0.15, 0.2) is 0 Å². The molecule has 1 atom stereocenters. The van der Waals surface area contributed by atoms with Crippen LogP contribution in [0.25, 0.3) is 5.76 Å². The molecule has 6 nitrogen and oxygen atoms in total. The molecule has 0 bridgehead atoms. The molecule has 1 N–H and O–H groups in total. The Morgan fingerprint density at radius 2 is 1.61 bits per heavy atom. The van der Waals surface area contributed by atoms with Gasteiger partial charge in [-0.05, 0) is 79.8 Å². The number of carbonyl (C=O) groups is 2. The van der Waals surface area contributed by atoms with Crippen LogP contribution in [0, 0.1) is 6.92 Å². The Bertz CT molecular complexity index is 1380.